The summed E-state index contributed by atoms with van der Waals surface area (Å²) in [5.74, 6) is 1.01. The maximum absolute atomic E-state index is 11.3. The Morgan fingerprint density at radius 2 is 2.00 bits per heavy atom. The third-order valence-electron chi connectivity index (χ3n) is 2.39. The lowest BCUT2D eigenvalue weighted by Gasteiger charge is -2.09. The van der Waals surface area contributed by atoms with Crippen molar-refractivity contribution in [2.75, 3.05) is 7.11 Å². The predicted molar refractivity (Wildman–Crippen MR) is 66.5 cm³/mol. The molecule has 1 aromatic carbocycles. The van der Waals surface area contributed by atoms with Crippen LogP contribution in [-0.4, -0.2) is 18.1 Å². The molecule has 2 rings (SSSR count). The number of methoxy groups -OCH3 is 1. The van der Waals surface area contributed by atoms with Crippen molar-refractivity contribution in [2.24, 2.45) is 0 Å². The van der Waals surface area contributed by atoms with Crippen LogP contribution in [-0.2, 0) is 16.0 Å². The van der Waals surface area contributed by atoms with Crippen LogP contribution >= 0.6 is 0 Å². The zero-order valence-electron chi connectivity index (χ0n) is 10.00. The summed E-state index contributed by atoms with van der Waals surface area (Å²) in [4.78, 5) is 15.3. The van der Waals surface area contributed by atoms with Crippen LogP contribution in [0.25, 0.3) is 0 Å². The maximum Gasteiger partial charge on any atom is 0.310 e. The van der Waals surface area contributed by atoms with Crippen LogP contribution in [0.4, 0.5) is 0 Å². The molecule has 0 atom stereocenters. The van der Waals surface area contributed by atoms with Crippen LogP contribution in [0.5, 0.6) is 11.5 Å². The molecule has 0 aliphatic rings. The lowest BCUT2D eigenvalue weighted by Crippen LogP contribution is -2.06. The quantitative estimate of drug-likeness (QED) is 0.774. The zero-order valence-corrected chi connectivity index (χ0v) is 10.00. The first kappa shape index (κ1) is 12.1. The summed E-state index contributed by atoms with van der Waals surface area (Å²) < 4.78 is 10.3. The van der Waals surface area contributed by atoms with Gasteiger partial charge in [0.1, 0.15) is 11.5 Å². The number of hydrogen-bond acceptors (Lipinski definition) is 4. The zero-order chi connectivity index (χ0) is 12.8. The SMILES string of the molecule is COC(=O)Cc1cnccc1Oc1ccccc1. The Kier molecular flexibility index (Phi) is 3.91. The molecule has 0 N–H and O–H groups in total. The van der Waals surface area contributed by atoms with Crippen molar-refractivity contribution in [2.45, 2.75) is 6.42 Å². The standard InChI is InChI=1S/C14H13NO3/c1-17-14(16)9-11-10-15-8-7-13(11)18-12-5-3-2-4-6-12/h2-8,10H,9H2,1H3. The van der Waals surface area contributed by atoms with Gasteiger partial charge in [0.25, 0.3) is 0 Å². The van der Waals surface area contributed by atoms with E-state index in [4.69, 9.17) is 4.74 Å². The van der Waals surface area contributed by atoms with Gasteiger partial charge in [0.2, 0.25) is 0 Å². The number of ether oxygens (including phenoxy) is 2. The van der Waals surface area contributed by atoms with E-state index in [1.54, 1.807) is 18.5 Å². The lowest BCUT2D eigenvalue weighted by atomic mass is 10.2. The third-order valence-corrected chi connectivity index (χ3v) is 2.39. The molecule has 0 unspecified atom stereocenters. The van der Waals surface area contributed by atoms with E-state index in [0.717, 1.165) is 5.75 Å². The molecule has 0 amide bonds. The molecule has 18 heavy (non-hydrogen) atoms. The van der Waals surface area contributed by atoms with Gasteiger partial charge in [-0.3, -0.25) is 9.78 Å². The second kappa shape index (κ2) is 5.82. The molecule has 4 heteroatoms. The maximum atomic E-state index is 11.3. The summed E-state index contributed by atoms with van der Waals surface area (Å²) in [6.45, 7) is 0. The summed E-state index contributed by atoms with van der Waals surface area (Å²) in [5, 5.41) is 0. The molecule has 1 aromatic heterocycles. The highest BCUT2D eigenvalue weighted by molar-refractivity contribution is 5.73. The third kappa shape index (κ3) is 3.07. The Labute approximate surface area is 105 Å². The summed E-state index contributed by atoms with van der Waals surface area (Å²) in [6.07, 6.45) is 3.38. The van der Waals surface area contributed by atoms with Crippen molar-refractivity contribution in [1.82, 2.24) is 4.98 Å². The number of para-hydroxylation sites is 1. The Balaban J connectivity index is 2.20. The van der Waals surface area contributed by atoms with Gasteiger partial charge in [-0.15, -0.1) is 0 Å². The number of esters is 1. The van der Waals surface area contributed by atoms with Gasteiger partial charge >= 0.3 is 5.97 Å². The van der Waals surface area contributed by atoms with Gasteiger partial charge in [-0.05, 0) is 18.2 Å². The second-order valence-electron chi connectivity index (χ2n) is 3.65. The molecule has 0 radical (unpaired) electrons. The summed E-state index contributed by atoms with van der Waals surface area (Å²) in [5.41, 5.74) is 0.702. The first-order valence-corrected chi connectivity index (χ1v) is 5.52. The fourth-order valence-electron chi connectivity index (χ4n) is 1.49. The minimum Gasteiger partial charge on any atom is -0.469 e. The number of aromatic nitrogens is 1. The van der Waals surface area contributed by atoms with Crippen LogP contribution in [0.2, 0.25) is 0 Å². The summed E-state index contributed by atoms with van der Waals surface area (Å²) >= 11 is 0. The van der Waals surface area contributed by atoms with E-state index in [2.05, 4.69) is 9.72 Å². The molecule has 92 valence electrons. The van der Waals surface area contributed by atoms with Crippen molar-refractivity contribution < 1.29 is 14.3 Å². The van der Waals surface area contributed by atoms with E-state index in [1.165, 1.54) is 7.11 Å². The van der Waals surface area contributed by atoms with Crippen molar-refractivity contribution in [3.05, 3.63) is 54.4 Å². The fraction of sp³-hybridized carbons (Fsp3) is 0.143. The average molecular weight is 243 g/mol. The molecule has 1 heterocycles. The highest BCUT2D eigenvalue weighted by atomic mass is 16.5. The van der Waals surface area contributed by atoms with E-state index >= 15 is 0 Å². The van der Waals surface area contributed by atoms with Crippen LogP contribution < -0.4 is 4.74 Å². The molecule has 0 saturated heterocycles. The van der Waals surface area contributed by atoms with E-state index in [1.807, 2.05) is 30.3 Å². The van der Waals surface area contributed by atoms with Gasteiger partial charge in [-0.1, -0.05) is 18.2 Å². The fourth-order valence-corrected chi connectivity index (χ4v) is 1.49. The second-order valence-corrected chi connectivity index (χ2v) is 3.65. The minimum atomic E-state index is -0.319. The van der Waals surface area contributed by atoms with E-state index < -0.39 is 0 Å². The smallest absolute Gasteiger partial charge is 0.310 e. The number of carbonyl (C=O) groups is 1. The number of pyridine rings is 1. The summed E-state index contributed by atoms with van der Waals surface area (Å²) in [6, 6.07) is 11.1. The van der Waals surface area contributed by atoms with Crippen molar-refractivity contribution in [3.63, 3.8) is 0 Å². The molecule has 0 fully saturated rings. The molecule has 4 nitrogen and oxygen atoms in total. The molecule has 2 aromatic rings. The number of rotatable bonds is 4. The molecule has 0 bridgehead atoms. The number of hydrogen-bond donors (Lipinski definition) is 0. The van der Waals surface area contributed by atoms with E-state index in [9.17, 15) is 4.79 Å². The van der Waals surface area contributed by atoms with Crippen LogP contribution in [0, 0.1) is 0 Å². The average Bonchev–Trinajstić information content (AvgIpc) is 2.42. The highest BCUT2D eigenvalue weighted by Gasteiger charge is 2.09. The van der Waals surface area contributed by atoms with Crippen molar-refractivity contribution in [1.29, 1.82) is 0 Å². The molecular formula is C14H13NO3. The first-order chi connectivity index (χ1) is 8.79. The topological polar surface area (TPSA) is 48.4 Å². The van der Waals surface area contributed by atoms with E-state index in [-0.39, 0.29) is 12.4 Å². The Morgan fingerprint density at radius 1 is 1.22 bits per heavy atom. The monoisotopic (exact) mass is 243 g/mol. The van der Waals surface area contributed by atoms with Gasteiger partial charge in [0.05, 0.1) is 13.5 Å². The van der Waals surface area contributed by atoms with Gasteiger partial charge < -0.3 is 9.47 Å². The molecular weight excluding hydrogens is 230 g/mol. The summed E-state index contributed by atoms with van der Waals surface area (Å²) in [7, 11) is 1.36. The predicted octanol–water partition coefficient (Wildman–Crippen LogP) is 2.59. The first-order valence-electron chi connectivity index (χ1n) is 5.52. The number of nitrogens with zero attached hydrogens (tertiary/aromatic N) is 1. The molecule has 0 spiro atoms. The van der Waals surface area contributed by atoms with E-state index in [0.29, 0.717) is 11.3 Å². The highest BCUT2D eigenvalue weighted by Crippen LogP contribution is 2.24. The molecule has 0 saturated carbocycles. The lowest BCUT2D eigenvalue weighted by molar-refractivity contribution is -0.139. The minimum absolute atomic E-state index is 0.145. The van der Waals surface area contributed by atoms with Gasteiger partial charge in [0, 0.05) is 18.0 Å². The molecule has 0 aliphatic heterocycles. The number of carbonyl (C=O) groups excluding carboxylic acids is 1. The van der Waals surface area contributed by atoms with Gasteiger partial charge in [-0.25, -0.2) is 0 Å². The molecule has 0 aliphatic carbocycles. The van der Waals surface area contributed by atoms with Crippen molar-refractivity contribution >= 4 is 5.97 Å². The van der Waals surface area contributed by atoms with Crippen LogP contribution in [0.15, 0.2) is 48.8 Å². The number of benzene rings is 1. The Morgan fingerprint density at radius 3 is 2.72 bits per heavy atom. The van der Waals surface area contributed by atoms with Gasteiger partial charge in [-0.2, -0.15) is 0 Å². The van der Waals surface area contributed by atoms with Gasteiger partial charge in [0.15, 0.2) is 0 Å². The Hall–Kier alpha value is -2.36. The van der Waals surface area contributed by atoms with Crippen LogP contribution in [0.3, 0.4) is 0 Å². The van der Waals surface area contributed by atoms with Crippen molar-refractivity contribution in [3.8, 4) is 11.5 Å². The van der Waals surface area contributed by atoms with Crippen LogP contribution in [0.1, 0.15) is 5.56 Å². The largest absolute Gasteiger partial charge is 0.469 e. The normalized spacial score (nSPS) is 9.83. The Bertz CT molecular complexity index is 526.